The Bertz CT molecular complexity index is 827. The van der Waals surface area contributed by atoms with Crippen molar-refractivity contribution in [1.29, 1.82) is 0 Å². The summed E-state index contributed by atoms with van der Waals surface area (Å²) >= 11 is 1.31. The zero-order valence-corrected chi connectivity index (χ0v) is 16.2. The van der Waals surface area contributed by atoms with Crippen LogP contribution in [0, 0.1) is 0 Å². The SMILES string of the molecule is CNc1nc(-c2ccc(OC)c(C(F)(F)F)c2)c(CN2CCC(F)(F)CC2)s1. The summed E-state index contributed by atoms with van der Waals surface area (Å²) in [5.74, 6) is -2.92. The molecule has 1 aromatic carbocycles. The molecule has 0 bridgehead atoms. The highest BCUT2D eigenvalue weighted by atomic mass is 32.1. The van der Waals surface area contributed by atoms with Gasteiger partial charge in [-0.15, -0.1) is 11.3 Å². The lowest BCUT2D eigenvalue weighted by atomic mass is 10.0. The van der Waals surface area contributed by atoms with Crippen LogP contribution in [0.5, 0.6) is 5.75 Å². The van der Waals surface area contributed by atoms with Crippen molar-refractivity contribution >= 4 is 16.5 Å². The van der Waals surface area contributed by atoms with Crippen LogP contribution in [0.4, 0.5) is 27.1 Å². The Balaban J connectivity index is 1.93. The number of benzene rings is 1. The van der Waals surface area contributed by atoms with Crippen molar-refractivity contribution < 1.29 is 26.7 Å². The summed E-state index contributed by atoms with van der Waals surface area (Å²) in [6.45, 7) is 0.823. The molecule has 10 heteroatoms. The van der Waals surface area contributed by atoms with E-state index in [1.54, 1.807) is 7.05 Å². The number of likely N-dealkylation sites (tertiary alicyclic amines) is 1. The lowest BCUT2D eigenvalue weighted by molar-refractivity contribution is -0.138. The fraction of sp³-hybridized carbons (Fsp3) is 0.500. The first-order valence-electron chi connectivity index (χ1n) is 8.66. The standard InChI is InChI=1S/C18H20F5N3OS/c1-24-16-25-15(11-3-4-13(27-2)12(9-11)18(21,22)23)14(28-16)10-26-7-5-17(19,20)6-8-26/h3-4,9H,5-8,10H2,1-2H3,(H,24,25). The summed E-state index contributed by atoms with van der Waals surface area (Å²) in [6.07, 6.45) is -5.01. The van der Waals surface area contributed by atoms with Gasteiger partial charge in [-0.25, -0.2) is 13.8 Å². The van der Waals surface area contributed by atoms with Gasteiger partial charge in [0.15, 0.2) is 5.13 Å². The third-order valence-electron chi connectivity index (χ3n) is 4.64. The molecule has 1 aliphatic rings. The quantitative estimate of drug-likeness (QED) is 0.681. The van der Waals surface area contributed by atoms with Crippen LogP contribution in [0.1, 0.15) is 23.3 Å². The number of piperidine rings is 1. The topological polar surface area (TPSA) is 37.4 Å². The number of ether oxygens (including phenoxy) is 1. The summed E-state index contributed by atoms with van der Waals surface area (Å²) in [6, 6.07) is 3.80. The second kappa shape index (κ2) is 7.82. The summed E-state index contributed by atoms with van der Waals surface area (Å²) in [7, 11) is 2.85. The number of methoxy groups -OCH3 is 1. The number of hydrogen-bond acceptors (Lipinski definition) is 5. The van der Waals surface area contributed by atoms with Crippen LogP contribution in [0.15, 0.2) is 18.2 Å². The molecule has 0 atom stereocenters. The summed E-state index contributed by atoms with van der Waals surface area (Å²) in [4.78, 5) is 7.00. The molecule has 0 saturated carbocycles. The zero-order valence-electron chi connectivity index (χ0n) is 15.4. The number of nitrogens with zero attached hydrogens (tertiary/aromatic N) is 2. The highest BCUT2D eigenvalue weighted by Crippen LogP contribution is 2.41. The van der Waals surface area contributed by atoms with Crippen LogP contribution >= 0.6 is 11.3 Å². The fourth-order valence-electron chi connectivity index (χ4n) is 3.11. The molecule has 3 rings (SSSR count). The zero-order chi connectivity index (χ0) is 20.5. The van der Waals surface area contributed by atoms with Crippen molar-refractivity contribution in [2.75, 3.05) is 32.6 Å². The summed E-state index contributed by atoms with van der Waals surface area (Å²) in [5.41, 5.74) is -0.155. The van der Waals surface area contributed by atoms with Crippen LogP contribution in [0.3, 0.4) is 0 Å². The Labute approximate surface area is 163 Å². The number of alkyl halides is 5. The highest BCUT2D eigenvalue weighted by Gasteiger charge is 2.36. The van der Waals surface area contributed by atoms with Crippen LogP contribution in [0.25, 0.3) is 11.3 Å². The second-order valence-electron chi connectivity index (χ2n) is 6.59. The molecular weight excluding hydrogens is 401 g/mol. The number of halogens is 5. The van der Waals surface area contributed by atoms with Gasteiger partial charge in [-0.3, -0.25) is 4.90 Å². The van der Waals surface area contributed by atoms with Gasteiger partial charge in [-0.2, -0.15) is 13.2 Å². The van der Waals surface area contributed by atoms with E-state index in [0.717, 1.165) is 10.9 Å². The normalized spacial score (nSPS) is 17.5. The van der Waals surface area contributed by atoms with Gasteiger partial charge < -0.3 is 10.1 Å². The van der Waals surface area contributed by atoms with Crippen molar-refractivity contribution in [3.8, 4) is 17.0 Å². The maximum absolute atomic E-state index is 13.4. The van der Waals surface area contributed by atoms with Gasteiger partial charge in [-0.1, -0.05) is 0 Å². The number of nitrogens with one attached hydrogen (secondary N) is 1. The molecule has 28 heavy (non-hydrogen) atoms. The monoisotopic (exact) mass is 421 g/mol. The minimum absolute atomic E-state index is 0.221. The number of hydrogen-bond donors (Lipinski definition) is 1. The number of rotatable bonds is 5. The second-order valence-corrected chi connectivity index (χ2v) is 7.67. The minimum Gasteiger partial charge on any atom is -0.496 e. The van der Waals surface area contributed by atoms with Gasteiger partial charge in [0.25, 0.3) is 5.92 Å². The van der Waals surface area contributed by atoms with E-state index >= 15 is 0 Å². The highest BCUT2D eigenvalue weighted by molar-refractivity contribution is 7.16. The summed E-state index contributed by atoms with van der Waals surface area (Å²) < 4.78 is 71.7. The molecule has 1 aliphatic heterocycles. The molecule has 1 fully saturated rings. The molecular formula is C18H20F5N3OS. The fourth-order valence-corrected chi connectivity index (χ4v) is 4.09. The van der Waals surface area contributed by atoms with E-state index in [2.05, 4.69) is 10.3 Å². The summed E-state index contributed by atoms with van der Waals surface area (Å²) in [5, 5.41) is 3.45. The van der Waals surface area contributed by atoms with E-state index in [4.69, 9.17) is 4.74 Å². The average Bonchev–Trinajstić information content (AvgIpc) is 3.05. The van der Waals surface area contributed by atoms with E-state index < -0.39 is 17.7 Å². The third kappa shape index (κ3) is 4.54. The van der Waals surface area contributed by atoms with Crippen molar-refractivity contribution in [2.45, 2.75) is 31.5 Å². The Morgan fingerprint density at radius 2 is 1.93 bits per heavy atom. The molecule has 154 valence electrons. The molecule has 0 amide bonds. The van der Waals surface area contributed by atoms with E-state index in [1.807, 2.05) is 4.90 Å². The number of anilines is 1. The van der Waals surface area contributed by atoms with Crippen molar-refractivity contribution in [3.05, 3.63) is 28.6 Å². The van der Waals surface area contributed by atoms with Gasteiger partial charge in [0.2, 0.25) is 0 Å². The Hall–Kier alpha value is -1.94. The van der Waals surface area contributed by atoms with Gasteiger partial charge in [0.05, 0.1) is 18.4 Å². The molecule has 1 saturated heterocycles. The van der Waals surface area contributed by atoms with Gasteiger partial charge in [-0.05, 0) is 18.2 Å². The largest absolute Gasteiger partial charge is 0.496 e. The van der Waals surface area contributed by atoms with Crippen molar-refractivity contribution in [1.82, 2.24) is 9.88 Å². The smallest absolute Gasteiger partial charge is 0.419 e. The lowest BCUT2D eigenvalue weighted by Crippen LogP contribution is -2.38. The molecule has 0 aliphatic carbocycles. The molecule has 4 nitrogen and oxygen atoms in total. The number of thiazole rings is 1. The predicted molar refractivity (Wildman–Crippen MR) is 98.1 cm³/mol. The molecule has 0 radical (unpaired) electrons. The first-order chi connectivity index (χ1) is 13.1. The minimum atomic E-state index is -4.57. The van der Waals surface area contributed by atoms with Crippen LogP contribution in [-0.4, -0.2) is 43.1 Å². The van der Waals surface area contributed by atoms with Gasteiger partial charge in [0, 0.05) is 50.0 Å². The van der Waals surface area contributed by atoms with Crippen LogP contribution in [-0.2, 0) is 12.7 Å². The molecule has 1 N–H and O–H groups in total. The Morgan fingerprint density at radius 1 is 1.25 bits per heavy atom. The van der Waals surface area contributed by atoms with E-state index in [9.17, 15) is 22.0 Å². The molecule has 2 aromatic rings. The molecule has 2 heterocycles. The van der Waals surface area contributed by atoms with Gasteiger partial charge in [0.1, 0.15) is 5.75 Å². The Morgan fingerprint density at radius 3 is 2.50 bits per heavy atom. The van der Waals surface area contributed by atoms with Crippen LogP contribution < -0.4 is 10.1 Å². The number of aromatic nitrogens is 1. The molecule has 0 spiro atoms. The molecule has 1 aromatic heterocycles. The van der Waals surface area contributed by atoms with Crippen molar-refractivity contribution in [3.63, 3.8) is 0 Å². The maximum Gasteiger partial charge on any atom is 0.419 e. The predicted octanol–water partition coefficient (Wildman–Crippen LogP) is 5.11. The first-order valence-corrected chi connectivity index (χ1v) is 9.48. The van der Waals surface area contributed by atoms with Gasteiger partial charge >= 0.3 is 6.18 Å². The molecule has 0 unspecified atom stereocenters. The first kappa shape index (κ1) is 20.8. The Kier molecular flexibility index (Phi) is 5.81. The van der Waals surface area contributed by atoms with E-state index in [1.165, 1.54) is 30.6 Å². The van der Waals surface area contributed by atoms with Crippen LogP contribution in [0.2, 0.25) is 0 Å². The van der Waals surface area contributed by atoms with E-state index in [0.29, 0.717) is 22.9 Å². The van der Waals surface area contributed by atoms with E-state index in [-0.39, 0.29) is 31.7 Å². The third-order valence-corrected chi connectivity index (χ3v) is 5.70. The average molecular weight is 421 g/mol. The lowest BCUT2D eigenvalue weighted by Gasteiger charge is -2.31. The van der Waals surface area contributed by atoms with Crippen molar-refractivity contribution in [2.24, 2.45) is 0 Å². The maximum atomic E-state index is 13.4.